The monoisotopic (exact) mass is 292 g/mol. The molecular formula is C14H17FN4O2. The van der Waals surface area contributed by atoms with Crippen molar-refractivity contribution in [3.8, 4) is 5.69 Å². The second-order valence-electron chi connectivity index (χ2n) is 4.67. The number of nitrogens with one attached hydrogen (secondary N) is 2. The fraction of sp³-hybridized carbons (Fsp3) is 0.286. The zero-order chi connectivity index (χ0) is 15.2. The highest BCUT2D eigenvalue weighted by Crippen LogP contribution is 2.14. The van der Waals surface area contributed by atoms with Crippen LogP contribution < -0.4 is 10.6 Å². The molecule has 0 saturated heterocycles. The van der Waals surface area contributed by atoms with Crippen molar-refractivity contribution in [2.24, 2.45) is 0 Å². The lowest BCUT2D eigenvalue weighted by atomic mass is 10.2. The van der Waals surface area contributed by atoms with Crippen LogP contribution in [-0.4, -0.2) is 33.3 Å². The zero-order valence-electron chi connectivity index (χ0n) is 11.6. The van der Waals surface area contributed by atoms with Gasteiger partial charge < -0.3 is 20.3 Å². The van der Waals surface area contributed by atoms with Gasteiger partial charge in [-0.1, -0.05) is 6.07 Å². The first kappa shape index (κ1) is 15.0. The number of amides is 2. The van der Waals surface area contributed by atoms with Crippen molar-refractivity contribution in [3.05, 3.63) is 48.3 Å². The molecule has 1 heterocycles. The van der Waals surface area contributed by atoms with Gasteiger partial charge in [0.1, 0.15) is 5.82 Å². The molecule has 0 fully saturated rings. The van der Waals surface area contributed by atoms with E-state index in [-0.39, 0.29) is 19.2 Å². The van der Waals surface area contributed by atoms with E-state index in [1.807, 2.05) is 0 Å². The number of hydrogen-bond acceptors (Lipinski definition) is 3. The Hall–Kier alpha value is -2.41. The second kappa shape index (κ2) is 6.85. The lowest BCUT2D eigenvalue weighted by Crippen LogP contribution is -2.41. The third-order valence-electron chi connectivity index (χ3n) is 2.90. The van der Waals surface area contributed by atoms with E-state index in [4.69, 9.17) is 5.11 Å². The molecule has 112 valence electrons. The van der Waals surface area contributed by atoms with E-state index < -0.39 is 11.8 Å². The van der Waals surface area contributed by atoms with Gasteiger partial charge in [0.15, 0.2) is 0 Å². The average Bonchev–Trinajstić information content (AvgIpc) is 2.99. The summed E-state index contributed by atoms with van der Waals surface area (Å²) in [5.74, 6) is -0.392. The van der Waals surface area contributed by atoms with Crippen LogP contribution in [0.3, 0.4) is 0 Å². The van der Waals surface area contributed by atoms with Crippen molar-refractivity contribution in [3.63, 3.8) is 0 Å². The van der Waals surface area contributed by atoms with Crippen LogP contribution in [-0.2, 0) is 6.54 Å². The van der Waals surface area contributed by atoms with Gasteiger partial charge in [0.25, 0.3) is 0 Å². The number of carbonyl (C=O) groups is 1. The minimum absolute atomic E-state index is 0.137. The van der Waals surface area contributed by atoms with E-state index in [0.29, 0.717) is 11.3 Å². The van der Waals surface area contributed by atoms with E-state index in [2.05, 4.69) is 15.6 Å². The predicted octanol–water partition coefficient (Wildman–Crippen LogP) is 1.19. The summed E-state index contributed by atoms with van der Waals surface area (Å²) in [6.45, 7) is 1.74. The van der Waals surface area contributed by atoms with E-state index in [0.717, 1.165) is 0 Å². The first-order valence-electron chi connectivity index (χ1n) is 6.52. The minimum atomic E-state index is -0.407. The van der Waals surface area contributed by atoms with Crippen LogP contribution in [0.5, 0.6) is 0 Å². The molecule has 0 bridgehead atoms. The Kier molecular flexibility index (Phi) is 4.89. The lowest BCUT2D eigenvalue weighted by molar-refractivity contribution is 0.220. The molecule has 7 heteroatoms. The van der Waals surface area contributed by atoms with E-state index in [9.17, 15) is 9.18 Å². The summed E-state index contributed by atoms with van der Waals surface area (Å²) in [6.07, 6.45) is 4.74. The molecular weight excluding hydrogens is 275 g/mol. The molecule has 2 rings (SSSR count). The van der Waals surface area contributed by atoms with Crippen LogP contribution in [0.1, 0.15) is 12.5 Å². The van der Waals surface area contributed by atoms with Crippen LogP contribution in [0.25, 0.3) is 5.69 Å². The van der Waals surface area contributed by atoms with Gasteiger partial charge in [-0.25, -0.2) is 14.2 Å². The summed E-state index contributed by atoms with van der Waals surface area (Å²) in [5, 5.41) is 14.0. The Morgan fingerprint density at radius 1 is 1.52 bits per heavy atom. The number of urea groups is 1. The average molecular weight is 292 g/mol. The molecule has 0 spiro atoms. The molecule has 2 amide bonds. The zero-order valence-corrected chi connectivity index (χ0v) is 11.6. The maximum atomic E-state index is 14.0. The second-order valence-corrected chi connectivity index (χ2v) is 4.67. The normalized spacial score (nSPS) is 12.0. The molecule has 3 N–H and O–H groups in total. The van der Waals surface area contributed by atoms with Gasteiger partial charge >= 0.3 is 6.03 Å². The smallest absolute Gasteiger partial charge is 0.315 e. The quantitative estimate of drug-likeness (QED) is 0.774. The molecule has 1 atom stereocenters. The van der Waals surface area contributed by atoms with Crippen molar-refractivity contribution in [2.75, 3.05) is 6.61 Å². The van der Waals surface area contributed by atoms with Crippen LogP contribution in [0.15, 0.2) is 36.9 Å². The summed E-state index contributed by atoms with van der Waals surface area (Å²) in [7, 11) is 0. The van der Waals surface area contributed by atoms with Gasteiger partial charge in [-0.05, 0) is 24.6 Å². The third-order valence-corrected chi connectivity index (χ3v) is 2.90. The van der Waals surface area contributed by atoms with Crippen molar-refractivity contribution in [2.45, 2.75) is 19.5 Å². The van der Waals surface area contributed by atoms with Crippen LogP contribution in [0, 0.1) is 5.82 Å². The summed E-state index contributed by atoms with van der Waals surface area (Å²) < 4.78 is 15.6. The molecule has 1 aromatic heterocycles. The first-order chi connectivity index (χ1) is 10.1. The van der Waals surface area contributed by atoms with Crippen molar-refractivity contribution < 1.29 is 14.3 Å². The van der Waals surface area contributed by atoms with Crippen molar-refractivity contribution in [1.29, 1.82) is 0 Å². The summed E-state index contributed by atoms with van der Waals surface area (Å²) in [4.78, 5) is 15.4. The Morgan fingerprint density at radius 2 is 2.33 bits per heavy atom. The SMILES string of the molecule is CC(CO)NC(=O)NCc1ccc(-n2ccnc2)c(F)c1. The van der Waals surface area contributed by atoms with E-state index >= 15 is 0 Å². The van der Waals surface area contributed by atoms with Gasteiger partial charge in [0.2, 0.25) is 0 Å². The minimum Gasteiger partial charge on any atom is -0.394 e. The number of aliphatic hydroxyl groups excluding tert-OH is 1. The van der Waals surface area contributed by atoms with Gasteiger partial charge in [-0.2, -0.15) is 0 Å². The van der Waals surface area contributed by atoms with Crippen LogP contribution >= 0.6 is 0 Å². The Labute approximate surface area is 121 Å². The molecule has 1 unspecified atom stereocenters. The number of rotatable bonds is 5. The highest BCUT2D eigenvalue weighted by atomic mass is 19.1. The molecule has 0 aliphatic carbocycles. The number of imidazole rings is 1. The maximum Gasteiger partial charge on any atom is 0.315 e. The molecule has 0 aliphatic heterocycles. The predicted molar refractivity (Wildman–Crippen MR) is 75.4 cm³/mol. The number of halogens is 1. The van der Waals surface area contributed by atoms with Gasteiger partial charge in [0.05, 0.1) is 24.7 Å². The topological polar surface area (TPSA) is 79.2 Å². The Balaban J connectivity index is 1.96. The molecule has 0 radical (unpaired) electrons. The Bertz CT molecular complexity index is 601. The number of carbonyl (C=O) groups excluding carboxylic acids is 1. The molecule has 21 heavy (non-hydrogen) atoms. The highest BCUT2D eigenvalue weighted by Gasteiger charge is 2.08. The number of benzene rings is 1. The van der Waals surface area contributed by atoms with Gasteiger partial charge in [-0.3, -0.25) is 0 Å². The molecule has 2 aromatic rings. The Morgan fingerprint density at radius 3 is 2.95 bits per heavy atom. The molecule has 1 aromatic carbocycles. The molecule has 0 saturated carbocycles. The van der Waals surface area contributed by atoms with Crippen molar-refractivity contribution >= 4 is 6.03 Å². The number of aromatic nitrogens is 2. The third kappa shape index (κ3) is 4.03. The van der Waals surface area contributed by atoms with E-state index in [1.165, 1.54) is 12.4 Å². The number of hydrogen-bond donors (Lipinski definition) is 3. The van der Waals surface area contributed by atoms with E-state index in [1.54, 1.807) is 36.0 Å². The number of aliphatic hydroxyl groups is 1. The number of nitrogens with zero attached hydrogens (tertiary/aromatic N) is 2. The highest BCUT2D eigenvalue weighted by molar-refractivity contribution is 5.74. The first-order valence-corrected chi connectivity index (χ1v) is 6.52. The van der Waals surface area contributed by atoms with Gasteiger partial charge in [0, 0.05) is 18.9 Å². The fourth-order valence-electron chi connectivity index (χ4n) is 1.77. The lowest BCUT2D eigenvalue weighted by Gasteiger charge is -2.12. The fourth-order valence-corrected chi connectivity index (χ4v) is 1.77. The largest absolute Gasteiger partial charge is 0.394 e. The van der Waals surface area contributed by atoms with Crippen molar-refractivity contribution in [1.82, 2.24) is 20.2 Å². The van der Waals surface area contributed by atoms with Crippen LogP contribution in [0.4, 0.5) is 9.18 Å². The summed E-state index contributed by atoms with van der Waals surface area (Å²) >= 11 is 0. The standard InChI is InChI=1S/C14H17FN4O2/c1-10(8-20)18-14(21)17-7-11-2-3-13(12(15)6-11)19-5-4-16-9-19/h2-6,9-10,20H,7-8H2,1H3,(H2,17,18,21). The molecule has 0 aliphatic rings. The maximum absolute atomic E-state index is 14.0. The summed E-state index contributed by atoms with van der Waals surface area (Å²) in [6, 6.07) is 3.99. The van der Waals surface area contributed by atoms with Crippen LogP contribution in [0.2, 0.25) is 0 Å². The summed E-state index contributed by atoms with van der Waals surface area (Å²) in [5.41, 5.74) is 1.04. The molecule has 6 nitrogen and oxygen atoms in total. The van der Waals surface area contributed by atoms with Gasteiger partial charge in [-0.15, -0.1) is 0 Å².